The predicted molar refractivity (Wildman–Crippen MR) is 81.1 cm³/mol. The van der Waals surface area contributed by atoms with E-state index >= 15 is 0 Å². The van der Waals surface area contributed by atoms with Crippen molar-refractivity contribution in [1.82, 2.24) is 0 Å². The normalized spacial score (nSPS) is 13.8. The van der Waals surface area contributed by atoms with Gasteiger partial charge in [0.1, 0.15) is 11.5 Å². The summed E-state index contributed by atoms with van der Waals surface area (Å²) in [6.45, 7) is 0. The Morgan fingerprint density at radius 3 is 2.65 bits per heavy atom. The van der Waals surface area contributed by atoms with Gasteiger partial charge in [-0.2, -0.15) is 0 Å². The molecule has 3 nitrogen and oxygen atoms in total. The number of rotatable bonds is 2. The zero-order valence-corrected chi connectivity index (χ0v) is 11.6. The highest BCUT2D eigenvalue weighted by molar-refractivity contribution is 5.84. The number of hydrogen-bond donors (Lipinski definition) is 2. The lowest BCUT2D eigenvalue weighted by Gasteiger charge is -2.21. The third kappa shape index (κ3) is 2.09. The van der Waals surface area contributed by atoms with Crippen molar-refractivity contribution < 1.29 is 9.84 Å². The number of nitrogen functional groups attached to an aromatic ring is 1. The summed E-state index contributed by atoms with van der Waals surface area (Å²) >= 11 is 0. The van der Waals surface area contributed by atoms with Gasteiger partial charge in [-0.3, -0.25) is 0 Å². The molecule has 2 aromatic rings. The molecule has 104 valence electrons. The Bertz CT molecular complexity index is 650. The molecule has 0 spiro atoms. The van der Waals surface area contributed by atoms with E-state index in [9.17, 15) is 5.11 Å². The van der Waals surface area contributed by atoms with Crippen LogP contribution in [-0.2, 0) is 12.8 Å². The molecule has 0 saturated heterocycles. The smallest absolute Gasteiger partial charge is 0.123 e. The van der Waals surface area contributed by atoms with Gasteiger partial charge in [0.15, 0.2) is 0 Å². The summed E-state index contributed by atoms with van der Waals surface area (Å²) < 4.78 is 5.19. The lowest BCUT2D eigenvalue weighted by Crippen LogP contribution is -2.05. The molecule has 0 fully saturated rings. The Balaban J connectivity index is 2.19. The molecule has 0 bridgehead atoms. The van der Waals surface area contributed by atoms with Crippen molar-refractivity contribution in [3.8, 4) is 22.6 Å². The molecule has 1 aliphatic carbocycles. The van der Waals surface area contributed by atoms with E-state index in [4.69, 9.17) is 10.5 Å². The van der Waals surface area contributed by atoms with Crippen molar-refractivity contribution in [1.29, 1.82) is 0 Å². The van der Waals surface area contributed by atoms with Crippen LogP contribution >= 0.6 is 0 Å². The molecule has 2 aromatic carbocycles. The van der Waals surface area contributed by atoms with E-state index in [1.807, 2.05) is 18.2 Å². The van der Waals surface area contributed by atoms with E-state index in [-0.39, 0.29) is 0 Å². The number of hydrogen-bond acceptors (Lipinski definition) is 3. The summed E-state index contributed by atoms with van der Waals surface area (Å²) in [6.07, 6.45) is 4.47. The number of ether oxygens (including phenoxy) is 1. The number of nitrogens with two attached hydrogens (primary N) is 1. The van der Waals surface area contributed by atoms with Gasteiger partial charge in [0, 0.05) is 22.9 Å². The maximum absolute atomic E-state index is 10.3. The van der Waals surface area contributed by atoms with Crippen LogP contribution in [0.1, 0.15) is 24.0 Å². The Labute approximate surface area is 119 Å². The van der Waals surface area contributed by atoms with Crippen molar-refractivity contribution >= 4 is 5.69 Å². The van der Waals surface area contributed by atoms with E-state index in [2.05, 4.69) is 0 Å². The van der Waals surface area contributed by atoms with Crippen LogP contribution in [0.3, 0.4) is 0 Å². The molecule has 0 aliphatic heterocycles. The minimum absolute atomic E-state index is 0.308. The van der Waals surface area contributed by atoms with Gasteiger partial charge in [-0.05, 0) is 55.0 Å². The number of aryl methyl sites for hydroxylation is 1. The second-order valence-corrected chi connectivity index (χ2v) is 5.26. The fourth-order valence-corrected chi connectivity index (χ4v) is 3.01. The molecule has 0 heterocycles. The Hall–Kier alpha value is -2.16. The number of phenolic OH excluding ortho intramolecular Hbond substituents is 1. The highest BCUT2D eigenvalue weighted by Crippen LogP contribution is 2.41. The Morgan fingerprint density at radius 2 is 1.90 bits per heavy atom. The average molecular weight is 269 g/mol. The molecule has 3 rings (SSSR count). The second kappa shape index (κ2) is 5.08. The molecular weight excluding hydrogens is 250 g/mol. The molecule has 0 aromatic heterocycles. The topological polar surface area (TPSA) is 55.5 Å². The minimum atomic E-state index is 0.308. The van der Waals surface area contributed by atoms with Crippen LogP contribution in [0.2, 0.25) is 0 Å². The van der Waals surface area contributed by atoms with E-state index in [1.54, 1.807) is 19.2 Å². The molecule has 0 amide bonds. The lowest BCUT2D eigenvalue weighted by molar-refractivity contribution is 0.415. The van der Waals surface area contributed by atoms with Gasteiger partial charge in [-0.1, -0.05) is 6.07 Å². The van der Waals surface area contributed by atoms with Crippen LogP contribution < -0.4 is 10.5 Å². The first-order valence-corrected chi connectivity index (χ1v) is 6.98. The molecule has 0 atom stereocenters. The number of methoxy groups -OCH3 is 1. The standard InChI is InChI=1S/C17H19NO2/c1-20-12-7-8-14(15(18)10-12)17-13-5-3-2-4-11(13)6-9-16(17)19/h6-10,19H,2-5,18H2,1H3. The van der Waals surface area contributed by atoms with Crippen LogP contribution in [-0.4, -0.2) is 12.2 Å². The van der Waals surface area contributed by atoms with Crippen molar-refractivity contribution in [2.45, 2.75) is 25.7 Å². The second-order valence-electron chi connectivity index (χ2n) is 5.26. The molecule has 0 saturated carbocycles. The summed E-state index contributed by atoms with van der Waals surface area (Å²) in [5.74, 6) is 1.04. The highest BCUT2D eigenvalue weighted by atomic mass is 16.5. The molecule has 20 heavy (non-hydrogen) atoms. The predicted octanol–water partition coefficient (Wildman–Crippen LogP) is 3.53. The zero-order chi connectivity index (χ0) is 14.1. The molecule has 3 N–H and O–H groups in total. The van der Waals surface area contributed by atoms with Gasteiger partial charge < -0.3 is 15.6 Å². The first kappa shape index (κ1) is 12.9. The summed E-state index contributed by atoms with van der Waals surface area (Å²) in [6, 6.07) is 9.43. The maximum Gasteiger partial charge on any atom is 0.123 e. The highest BCUT2D eigenvalue weighted by Gasteiger charge is 2.19. The van der Waals surface area contributed by atoms with Gasteiger partial charge in [-0.15, -0.1) is 0 Å². The largest absolute Gasteiger partial charge is 0.507 e. The van der Waals surface area contributed by atoms with Gasteiger partial charge in [0.25, 0.3) is 0 Å². The number of benzene rings is 2. The van der Waals surface area contributed by atoms with Crippen LogP contribution in [0, 0.1) is 0 Å². The first-order valence-electron chi connectivity index (χ1n) is 6.98. The van der Waals surface area contributed by atoms with E-state index in [0.717, 1.165) is 29.7 Å². The number of anilines is 1. The van der Waals surface area contributed by atoms with E-state index < -0.39 is 0 Å². The van der Waals surface area contributed by atoms with Crippen LogP contribution in [0.25, 0.3) is 11.1 Å². The van der Waals surface area contributed by atoms with Crippen molar-refractivity contribution in [2.24, 2.45) is 0 Å². The quantitative estimate of drug-likeness (QED) is 0.820. The fourth-order valence-electron chi connectivity index (χ4n) is 3.01. The van der Waals surface area contributed by atoms with Crippen molar-refractivity contribution in [2.75, 3.05) is 12.8 Å². The molecule has 0 radical (unpaired) electrons. The minimum Gasteiger partial charge on any atom is -0.507 e. The summed E-state index contributed by atoms with van der Waals surface area (Å²) in [7, 11) is 1.62. The maximum atomic E-state index is 10.3. The average Bonchev–Trinajstić information content (AvgIpc) is 2.48. The number of aromatic hydroxyl groups is 1. The van der Waals surface area contributed by atoms with Gasteiger partial charge >= 0.3 is 0 Å². The Morgan fingerprint density at radius 1 is 1.10 bits per heavy atom. The van der Waals surface area contributed by atoms with Crippen LogP contribution in [0.5, 0.6) is 11.5 Å². The SMILES string of the molecule is COc1ccc(-c2c(O)ccc3c2CCCC3)c(N)c1. The fraction of sp³-hybridized carbons (Fsp3) is 0.294. The Kier molecular flexibility index (Phi) is 3.26. The van der Waals surface area contributed by atoms with Gasteiger partial charge in [0.05, 0.1) is 7.11 Å². The zero-order valence-electron chi connectivity index (χ0n) is 11.6. The molecule has 0 unspecified atom stereocenters. The third-order valence-corrected chi connectivity index (χ3v) is 4.04. The summed E-state index contributed by atoms with van der Waals surface area (Å²) in [4.78, 5) is 0. The van der Waals surface area contributed by atoms with Gasteiger partial charge in [0.2, 0.25) is 0 Å². The number of phenols is 1. The van der Waals surface area contributed by atoms with E-state index in [0.29, 0.717) is 11.4 Å². The van der Waals surface area contributed by atoms with Crippen LogP contribution in [0.4, 0.5) is 5.69 Å². The van der Waals surface area contributed by atoms with Gasteiger partial charge in [-0.25, -0.2) is 0 Å². The van der Waals surface area contributed by atoms with E-state index in [1.165, 1.54) is 24.0 Å². The summed E-state index contributed by atoms with van der Waals surface area (Å²) in [5.41, 5.74) is 11.1. The first-order chi connectivity index (χ1) is 9.70. The number of fused-ring (bicyclic) bond motifs is 1. The van der Waals surface area contributed by atoms with Crippen LogP contribution in [0.15, 0.2) is 30.3 Å². The molecular formula is C17H19NO2. The monoisotopic (exact) mass is 269 g/mol. The molecule has 1 aliphatic rings. The molecule has 3 heteroatoms. The summed E-state index contributed by atoms with van der Waals surface area (Å²) in [5, 5.41) is 10.3. The van der Waals surface area contributed by atoms with Crippen molar-refractivity contribution in [3.05, 3.63) is 41.5 Å². The lowest BCUT2D eigenvalue weighted by atomic mass is 9.85. The van der Waals surface area contributed by atoms with Crippen molar-refractivity contribution in [3.63, 3.8) is 0 Å². The third-order valence-electron chi connectivity index (χ3n) is 4.04.